The molecule has 13 nitrogen and oxygen atoms in total. The van der Waals surface area contributed by atoms with E-state index in [0.29, 0.717) is 17.2 Å². The Morgan fingerprint density at radius 2 is 1.60 bits per heavy atom. The highest BCUT2D eigenvalue weighted by atomic mass is 16.7. The van der Waals surface area contributed by atoms with Crippen molar-refractivity contribution in [2.45, 2.75) is 51.9 Å². The summed E-state index contributed by atoms with van der Waals surface area (Å²) in [7, 11) is 0. The van der Waals surface area contributed by atoms with Crippen molar-refractivity contribution in [2.75, 3.05) is 6.61 Å². The van der Waals surface area contributed by atoms with Crippen molar-refractivity contribution in [1.82, 2.24) is 14.1 Å². The molecule has 0 spiro atoms. The molecule has 13 heteroatoms. The lowest BCUT2D eigenvalue weighted by Gasteiger charge is -2.24. The Morgan fingerprint density at radius 3 is 2.27 bits per heavy atom. The molecular formula is C27H27N3O10. The first-order chi connectivity index (χ1) is 19.1. The average molecular weight is 554 g/mol. The standard InChI is InChI=1S/C27H27N3O10/c1-16(31)36-15-22-24(37-17(2)32)25(38-18(3)33)26(40-22)29-12-10-23(34)30(27(29)35)14-19-13-21(9-11-28-19)39-20-7-5-4-6-8-20/h4-13,22,24-26H,14-15H2,1-3H3/t22-,24?,25?,26-/m1/s1. The van der Waals surface area contributed by atoms with E-state index in [0.717, 1.165) is 29.0 Å². The van der Waals surface area contributed by atoms with E-state index in [9.17, 15) is 24.0 Å². The van der Waals surface area contributed by atoms with E-state index in [-0.39, 0.29) is 13.2 Å². The minimum Gasteiger partial charge on any atom is -0.463 e. The number of hydrogen-bond donors (Lipinski definition) is 0. The minimum absolute atomic E-state index is 0.209. The molecule has 1 saturated heterocycles. The lowest BCUT2D eigenvalue weighted by atomic mass is 10.1. The molecule has 40 heavy (non-hydrogen) atoms. The number of rotatable bonds is 9. The van der Waals surface area contributed by atoms with Crippen molar-refractivity contribution in [3.8, 4) is 11.5 Å². The fraction of sp³-hybridized carbons (Fsp3) is 0.333. The third kappa shape index (κ3) is 6.80. The van der Waals surface area contributed by atoms with Gasteiger partial charge < -0.3 is 23.7 Å². The SMILES string of the molecule is CC(=O)OC[C@H]1O[C@@H](n2ccc(=O)n(Cc3cc(Oc4ccccc4)ccn3)c2=O)C(OC(C)=O)C1OC(C)=O. The Labute approximate surface area is 227 Å². The highest BCUT2D eigenvalue weighted by molar-refractivity contribution is 5.68. The smallest absolute Gasteiger partial charge is 0.333 e. The molecule has 3 aromatic rings. The molecule has 1 aliphatic rings. The van der Waals surface area contributed by atoms with Crippen LogP contribution in [0.3, 0.4) is 0 Å². The van der Waals surface area contributed by atoms with Crippen molar-refractivity contribution < 1.29 is 38.1 Å². The van der Waals surface area contributed by atoms with Crippen LogP contribution in [0.4, 0.5) is 0 Å². The zero-order valence-electron chi connectivity index (χ0n) is 21.9. The monoisotopic (exact) mass is 553 g/mol. The van der Waals surface area contributed by atoms with Crippen molar-refractivity contribution in [1.29, 1.82) is 0 Å². The normalized spacial score (nSPS) is 20.0. The number of aromatic nitrogens is 3. The maximum Gasteiger partial charge on any atom is 0.333 e. The fourth-order valence-corrected chi connectivity index (χ4v) is 4.18. The third-order valence-electron chi connectivity index (χ3n) is 5.80. The van der Waals surface area contributed by atoms with E-state index in [1.807, 2.05) is 18.2 Å². The molecule has 3 heterocycles. The molecule has 2 unspecified atom stereocenters. The number of carbonyl (C=O) groups excluding carboxylic acids is 3. The first-order valence-corrected chi connectivity index (χ1v) is 12.3. The molecular weight excluding hydrogens is 526 g/mol. The molecule has 0 saturated carbocycles. The van der Waals surface area contributed by atoms with Gasteiger partial charge in [0.05, 0.1) is 12.2 Å². The summed E-state index contributed by atoms with van der Waals surface area (Å²) in [4.78, 5) is 65.7. The second-order valence-corrected chi connectivity index (χ2v) is 8.84. The molecule has 0 aliphatic carbocycles. The Hall–Kier alpha value is -4.78. The van der Waals surface area contributed by atoms with E-state index >= 15 is 0 Å². The molecule has 0 radical (unpaired) electrons. The van der Waals surface area contributed by atoms with Gasteiger partial charge in [-0.25, -0.2) is 4.79 Å². The van der Waals surface area contributed by atoms with Crippen LogP contribution in [0.25, 0.3) is 0 Å². The molecule has 1 fully saturated rings. The number of esters is 3. The van der Waals surface area contributed by atoms with E-state index < -0.39 is 53.7 Å². The number of nitrogens with zero attached hydrogens (tertiary/aromatic N) is 3. The van der Waals surface area contributed by atoms with Gasteiger partial charge in [0.25, 0.3) is 5.56 Å². The largest absolute Gasteiger partial charge is 0.463 e. The summed E-state index contributed by atoms with van der Waals surface area (Å²) in [6.45, 7) is 2.93. The molecule has 0 bridgehead atoms. The second-order valence-electron chi connectivity index (χ2n) is 8.84. The predicted molar refractivity (Wildman–Crippen MR) is 136 cm³/mol. The van der Waals surface area contributed by atoms with E-state index in [2.05, 4.69) is 4.98 Å². The van der Waals surface area contributed by atoms with Gasteiger partial charge >= 0.3 is 23.6 Å². The summed E-state index contributed by atoms with van der Waals surface area (Å²) in [5, 5.41) is 0. The molecule has 210 valence electrons. The Morgan fingerprint density at radius 1 is 0.900 bits per heavy atom. The Bertz CT molecular complexity index is 1500. The van der Waals surface area contributed by atoms with Crippen LogP contribution < -0.4 is 16.0 Å². The van der Waals surface area contributed by atoms with E-state index in [1.165, 1.54) is 19.3 Å². The Kier molecular flexibility index (Phi) is 8.74. The van der Waals surface area contributed by atoms with Gasteiger partial charge in [0, 0.05) is 45.3 Å². The number of hydrogen-bond acceptors (Lipinski definition) is 11. The molecule has 0 amide bonds. The highest BCUT2D eigenvalue weighted by Gasteiger charge is 2.51. The van der Waals surface area contributed by atoms with Gasteiger partial charge in [-0.1, -0.05) is 18.2 Å². The van der Waals surface area contributed by atoms with Crippen LogP contribution in [0, 0.1) is 0 Å². The quantitative estimate of drug-likeness (QED) is 0.280. The van der Waals surface area contributed by atoms with Gasteiger partial charge in [-0.15, -0.1) is 0 Å². The van der Waals surface area contributed by atoms with Crippen LogP contribution in [-0.4, -0.2) is 56.9 Å². The lowest BCUT2D eigenvalue weighted by molar-refractivity contribution is -0.166. The number of carbonyl (C=O) groups is 3. The van der Waals surface area contributed by atoms with Gasteiger partial charge in [0.15, 0.2) is 18.4 Å². The molecule has 1 aliphatic heterocycles. The summed E-state index contributed by atoms with van der Waals surface area (Å²) >= 11 is 0. The summed E-state index contributed by atoms with van der Waals surface area (Å²) in [6, 6.07) is 13.4. The summed E-state index contributed by atoms with van der Waals surface area (Å²) in [5.74, 6) is -1.01. The summed E-state index contributed by atoms with van der Waals surface area (Å²) < 4.78 is 29.4. The molecule has 1 aromatic carbocycles. The first kappa shape index (κ1) is 28.2. The predicted octanol–water partition coefficient (Wildman–Crippen LogP) is 1.57. The summed E-state index contributed by atoms with van der Waals surface area (Å²) in [6.07, 6.45) is -2.20. The lowest BCUT2D eigenvalue weighted by Crippen LogP contribution is -2.45. The van der Waals surface area contributed by atoms with Crippen LogP contribution in [0.2, 0.25) is 0 Å². The van der Waals surface area contributed by atoms with Gasteiger partial charge in [-0.2, -0.15) is 0 Å². The van der Waals surface area contributed by atoms with Gasteiger partial charge in [-0.05, 0) is 18.2 Å². The molecule has 2 aromatic heterocycles. The molecule has 0 N–H and O–H groups in total. The van der Waals surface area contributed by atoms with E-state index in [4.69, 9.17) is 23.7 Å². The number of benzene rings is 1. The fourth-order valence-electron chi connectivity index (χ4n) is 4.18. The van der Waals surface area contributed by atoms with Gasteiger partial charge in [-0.3, -0.25) is 33.3 Å². The number of pyridine rings is 1. The zero-order chi connectivity index (χ0) is 28.8. The Balaban J connectivity index is 1.66. The maximum atomic E-state index is 13.5. The van der Waals surface area contributed by atoms with Crippen LogP contribution >= 0.6 is 0 Å². The topological polar surface area (TPSA) is 154 Å². The number of ether oxygens (including phenoxy) is 5. The molecule has 4 atom stereocenters. The van der Waals surface area contributed by atoms with Crippen molar-refractivity contribution in [3.05, 3.63) is 87.5 Å². The van der Waals surface area contributed by atoms with Crippen LogP contribution in [0.5, 0.6) is 11.5 Å². The van der Waals surface area contributed by atoms with Crippen LogP contribution in [-0.2, 0) is 39.9 Å². The molecule has 4 rings (SSSR count). The number of para-hydroxylation sites is 1. The average Bonchev–Trinajstić information content (AvgIpc) is 3.21. The van der Waals surface area contributed by atoms with Crippen LogP contribution in [0.15, 0.2) is 70.5 Å². The van der Waals surface area contributed by atoms with Crippen molar-refractivity contribution >= 4 is 17.9 Å². The zero-order valence-corrected chi connectivity index (χ0v) is 21.9. The van der Waals surface area contributed by atoms with Crippen LogP contribution in [0.1, 0.15) is 32.7 Å². The summed E-state index contributed by atoms with van der Waals surface area (Å²) in [5.41, 5.74) is -1.06. The van der Waals surface area contributed by atoms with E-state index in [1.54, 1.807) is 24.3 Å². The second kappa shape index (κ2) is 12.4. The van der Waals surface area contributed by atoms with Crippen molar-refractivity contribution in [2.24, 2.45) is 0 Å². The maximum absolute atomic E-state index is 13.5. The van der Waals surface area contributed by atoms with Gasteiger partial charge in [0.2, 0.25) is 0 Å². The van der Waals surface area contributed by atoms with Crippen molar-refractivity contribution in [3.63, 3.8) is 0 Å². The minimum atomic E-state index is -1.31. The first-order valence-electron chi connectivity index (χ1n) is 12.3. The highest BCUT2D eigenvalue weighted by Crippen LogP contribution is 2.33. The third-order valence-corrected chi connectivity index (χ3v) is 5.80. The van der Waals surface area contributed by atoms with Gasteiger partial charge in [0.1, 0.15) is 24.2 Å².